The summed E-state index contributed by atoms with van der Waals surface area (Å²) in [5, 5.41) is 3.05. The van der Waals surface area contributed by atoms with Crippen LogP contribution in [0.15, 0.2) is 40.9 Å². The number of ether oxygens (including phenoxy) is 1. The summed E-state index contributed by atoms with van der Waals surface area (Å²) in [6.45, 7) is 2.36. The van der Waals surface area contributed by atoms with Crippen molar-refractivity contribution in [1.29, 1.82) is 0 Å². The smallest absolute Gasteiger partial charge is 0.337 e. The van der Waals surface area contributed by atoms with Crippen LogP contribution in [0, 0.1) is 12.7 Å². The van der Waals surface area contributed by atoms with Crippen LogP contribution >= 0.6 is 15.9 Å². The number of anilines is 1. The zero-order valence-electron chi connectivity index (χ0n) is 11.7. The van der Waals surface area contributed by atoms with Gasteiger partial charge in [0, 0.05) is 11.0 Å². The fourth-order valence-electron chi connectivity index (χ4n) is 1.90. The number of hydrogen-bond acceptors (Lipinski definition) is 3. The molecule has 0 bridgehead atoms. The van der Waals surface area contributed by atoms with Crippen LogP contribution in [0.4, 0.5) is 10.1 Å². The van der Waals surface area contributed by atoms with Gasteiger partial charge in [0.25, 0.3) is 0 Å². The van der Waals surface area contributed by atoms with E-state index in [1.165, 1.54) is 13.2 Å². The zero-order chi connectivity index (χ0) is 15.4. The number of rotatable bonds is 4. The first-order valence-electron chi connectivity index (χ1n) is 6.38. The molecule has 21 heavy (non-hydrogen) atoms. The molecule has 1 N–H and O–H groups in total. The minimum Gasteiger partial charge on any atom is -0.465 e. The molecule has 0 amide bonds. The van der Waals surface area contributed by atoms with Crippen LogP contribution in [-0.2, 0) is 11.3 Å². The van der Waals surface area contributed by atoms with E-state index in [4.69, 9.17) is 0 Å². The lowest BCUT2D eigenvalue weighted by Crippen LogP contribution is -2.05. The highest BCUT2D eigenvalue weighted by molar-refractivity contribution is 9.10. The molecule has 0 saturated carbocycles. The third kappa shape index (κ3) is 3.82. The Morgan fingerprint density at radius 2 is 2.05 bits per heavy atom. The standard InChI is InChI=1S/C16H15BrFNO2/c1-10-3-6-14(18)15(7-10)19-9-12-5-4-11(8-13(12)17)16(20)21-2/h3-8,19H,9H2,1-2H3. The quantitative estimate of drug-likeness (QED) is 0.834. The van der Waals surface area contributed by atoms with Crippen LogP contribution in [-0.4, -0.2) is 13.1 Å². The van der Waals surface area contributed by atoms with Gasteiger partial charge in [0.15, 0.2) is 0 Å². The maximum atomic E-state index is 13.7. The number of carbonyl (C=O) groups is 1. The molecule has 2 aromatic carbocycles. The molecule has 0 aromatic heterocycles. The molecule has 0 fully saturated rings. The van der Waals surface area contributed by atoms with Crippen LogP contribution in [0.5, 0.6) is 0 Å². The van der Waals surface area contributed by atoms with Crippen molar-refractivity contribution in [2.75, 3.05) is 12.4 Å². The molecule has 0 unspecified atom stereocenters. The fraction of sp³-hybridized carbons (Fsp3) is 0.188. The Labute approximate surface area is 131 Å². The zero-order valence-corrected chi connectivity index (χ0v) is 13.3. The second kappa shape index (κ2) is 6.72. The van der Waals surface area contributed by atoms with E-state index >= 15 is 0 Å². The highest BCUT2D eigenvalue weighted by Gasteiger charge is 2.09. The molecule has 0 heterocycles. The minimum atomic E-state index is -0.389. The van der Waals surface area contributed by atoms with Crippen molar-refractivity contribution in [3.8, 4) is 0 Å². The first-order chi connectivity index (χ1) is 10.0. The number of hydrogen-bond donors (Lipinski definition) is 1. The lowest BCUT2D eigenvalue weighted by atomic mass is 10.1. The topological polar surface area (TPSA) is 38.3 Å². The van der Waals surface area contributed by atoms with Crippen molar-refractivity contribution < 1.29 is 13.9 Å². The van der Waals surface area contributed by atoms with Gasteiger partial charge in [-0.25, -0.2) is 9.18 Å². The molecular weight excluding hydrogens is 337 g/mol. The second-order valence-electron chi connectivity index (χ2n) is 4.63. The Morgan fingerprint density at radius 1 is 1.29 bits per heavy atom. The third-order valence-electron chi connectivity index (χ3n) is 3.07. The molecule has 5 heteroatoms. The SMILES string of the molecule is COC(=O)c1ccc(CNc2cc(C)ccc2F)c(Br)c1. The van der Waals surface area contributed by atoms with Gasteiger partial charge in [-0.15, -0.1) is 0 Å². The number of carbonyl (C=O) groups excluding carboxylic acids is 1. The molecule has 0 aliphatic rings. The Balaban J connectivity index is 2.13. The van der Waals surface area contributed by atoms with Gasteiger partial charge in [-0.3, -0.25) is 0 Å². The van der Waals surface area contributed by atoms with E-state index in [1.54, 1.807) is 30.3 Å². The molecule has 0 spiro atoms. The summed E-state index contributed by atoms with van der Waals surface area (Å²) in [5.41, 5.74) is 2.83. The van der Waals surface area contributed by atoms with Crippen molar-refractivity contribution in [3.05, 3.63) is 63.4 Å². The molecule has 0 atom stereocenters. The van der Waals surface area contributed by atoms with Crippen molar-refractivity contribution in [3.63, 3.8) is 0 Å². The summed E-state index contributed by atoms with van der Waals surface area (Å²) in [4.78, 5) is 11.4. The second-order valence-corrected chi connectivity index (χ2v) is 5.49. The average molecular weight is 352 g/mol. The summed E-state index contributed by atoms with van der Waals surface area (Å²) in [7, 11) is 1.34. The molecule has 0 aliphatic heterocycles. The largest absolute Gasteiger partial charge is 0.465 e. The van der Waals surface area contributed by atoms with Gasteiger partial charge in [0.2, 0.25) is 0 Å². The lowest BCUT2D eigenvalue weighted by molar-refractivity contribution is 0.0600. The minimum absolute atomic E-state index is 0.289. The van der Waals surface area contributed by atoms with Crippen molar-refractivity contribution >= 4 is 27.6 Å². The monoisotopic (exact) mass is 351 g/mol. The predicted octanol–water partition coefficient (Wildman–Crippen LogP) is 4.30. The maximum absolute atomic E-state index is 13.7. The normalized spacial score (nSPS) is 10.3. The van der Waals surface area contributed by atoms with Gasteiger partial charge in [0.05, 0.1) is 18.4 Å². The lowest BCUT2D eigenvalue weighted by Gasteiger charge is -2.11. The van der Waals surface area contributed by atoms with Crippen LogP contribution in [0.2, 0.25) is 0 Å². The highest BCUT2D eigenvalue weighted by atomic mass is 79.9. The number of methoxy groups -OCH3 is 1. The summed E-state index contributed by atoms with van der Waals surface area (Å²) in [6.07, 6.45) is 0. The molecule has 0 aliphatic carbocycles. The summed E-state index contributed by atoms with van der Waals surface area (Å²) in [6, 6.07) is 10.1. The number of halogens is 2. The predicted molar refractivity (Wildman–Crippen MR) is 83.9 cm³/mol. The van der Waals surface area contributed by atoms with Crippen molar-refractivity contribution in [2.24, 2.45) is 0 Å². The van der Waals surface area contributed by atoms with Gasteiger partial charge >= 0.3 is 5.97 Å². The molecule has 0 radical (unpaired) electrons. The number of nitrogens with one attached hydrogen (secondary N) is 1. The Kier molecular flexibility index (Phi) is 4.96. The van der Waals surface area contributed by atoms with Gasteiger partial charge in [-0.1, -0.05) is 28.1 Å². The fourth-order valence-corrected chi connectivity index (χ4v) is 2.42. The van der Waals surface area contributed by atoms with Crippen LogP contribution < -0.4 is 5.32 Å². The van der Waals surface area contributed by atoms with Gasteiger partial charge in [0.1, 0.15) is 5.82 Å². The van der Waals surface area contributed by atoms with E-state index in [-0.39, 0.29) is 11.8 Å². The summed E-state index contributed by atoms with van der Waals surface area (Å²) >= 11 is 3.41. The number of esters is 1. The molecular formula is C16H15BrFNO2. The van der Waals surface area contributed by atoms with Crippen molar-refractivity contribution in [2.45, 2.75) is 13.5 Å². The molecule has 110 valence electrons. The van der Waals surface area contributed by atoms with Crippen molar-refractivity contribution in [1.82, 2.24) is 0 Å². The Morgan fingerprint density at radius 3 is 2.71 bits per heavy atom. The summed E-state index contributed by atoms with van der Waals surface area (Å²) in [5.74, 6) is -0.678. The molecule has 2 rings (SSSR count). The maximum Gasteiger partial charge on any atom is 0.337 e. The van der Waals surface area contributed by atoms with Gasteiger partial charge in [-0.05, 0) is 42.3 Å². The molecule has 0 saturated heterocycles. The van der Waals surface area contributed by atoms with Crippen LogP contribution in [0.3, 0.4) is 0 Å². The molecule has 2 aromatic rings. The van der Waals surface area contributed by atoms with E-state index in [2.05, 4.69) is 26.0 Å². The third-order valence-corrected chi connectivity index (χ3v) is 3.80. The van der Waals surface area contributed by atoms with E-state index in [9.17, 15) is 9.18 Å². The average Bonchev–Trinajstić information content (AvgIpc) is 2.48. The van der Waals surface area contributed by atoms with Crippen LogP contribution in [0.25, 0.3) is 0 Å². The number of aryl methyl sites for hydroxylation is 1. The van der Waals surface area contributed by atoms with E-state index in [1.807, 2.05) is 6.92 Å². The van der Waals surface area contributed by atoms with Crippen LogP contribution in [0.1, 0.15) is 21.5 Å². The summed E-state index contributed by atoms with van der Waals surface area (Å²) < 4.78 is 19.1. The Bertz CT molecular complexity index is 673. The Hall–Kier alpha value is -1.88. The first kappa shape index (κ1) is 15.5. The highest BCUT2D eigenvalue weighted by Crippen LogP contribution is 2.22. The van der Waals surface area contributed by atoms with E-state index in [0.29, 0.717) is 17.8 Å². The van der Waals surface area contributed by atoms with Gasteiger partial charge < -0.3 is 10.1 Å². The number of benzene rings is 2. The van der Waals surface area contributed by atoms with E-state index in [0.717, 1.165) is 15.6 Å². The molecule has 3 nitrogen and oxygen atoms in total. The first-order valence-corrected chi connectivity index (χ1v) is 7.17. The van der Waals surface area contributed by atoms with E-state index < -0.39 is 0 Å². The van der Waals surface area contributed by atoms with Gasteiger partial charge in [-0.2, -0.15) is 0 Å².